The van der Waals surface area contributed by atoms with Crippen molar-refractivity contribution in [2.75, 3.05) is 41.8 Å². The van der Waals surface area contributed by atoms with Crippen LogP contribution in [0.2, 0.25) is 0 Å². The lowest BCUT2D eigenvalue weighted by Gasteiger charge is -2.29. The maximum atomic E-state index is 12.9. The third-order valence-electron chi connectivity index (χ3n) is 5.53. The lowest BCUT2D eigenvalue weighted by Crippen LogP contribution is -2.36. The van der Waals surface area contributed by atoms with E-state index in [0.717, 1.165) is 29.8 Å². The number of ether oxygens (including phenoxy) is 1. The van der Waals surface area contributed by atoms with Crippen LogP contribution < -0.4 is 15.5 Å². The zero-order valence-electron chi connectivity index (χ0n) is 18.3. The lowest BCUT2D eigenvalue weighted by atomic mass is 10.1. The van der Waals surface area contributed by atoms with Crippen LogP contribution in [0.1, 0.15) is 20.7 Å². The second-order valence-corrected chi connectivity index (χ2v) is 7.78. The van der Waals surface area contributed by atoms with Crippen molar-refractivity contribution in [3.8, 4) is 0 Å². The molecule has 3 N–H and O–H groups in total. The number of anilines is 3. The predicted molar refractivity (Wildman–Crippen MR) is 135 cm³/mol. The Morgan fingerprint density at radius 2 is 1.59 bits per heavy atom. The number of rotatable bonds is 5. The first-order valence-corrected chi connectivity index (χ1v) is 10.7. The average Bonchev–Trinajstić information content (AvgIpc) is 3.33. The van der Waals surface area contributed by atoms with Crippen LogP contribution >= 0.6 is 12.4 Å². The van der Waals surface area contributed by atoms with Crippen LogP contribution in [0.5, 0.6) is 0 Å². The summed E-state index contributed by atoms with van der Waals surface area (Å²) < 4.78 is 5.41. The van der Waals surface area contributed by atoms with E-state index in [4.69, 9.17) is 4.74 Å². The van der Waals surface area contributed by atoms with Crippen molar-refractivity contribution in [1.82, 2.24) is 9.97 Å². The Labute approximate surface area is 202 Å². The third kappa shape index (κ3) is 5.19. The van der Waals surface area contributed by atoms with E-state index >= 15 is 0 Å². The summed E-state index contributed by atoms with van der Waals surface area (Å²) in [6.45, 7) is 3.03. The minimum atomic E-state index is -0.310. The van der Waals surface area contributed by atoms with Gasteiger partial charge in [-0.25, -0.2) is 4.98 Å². The van der Waals surface area contributed by atoms with E-state index in [1.807, 2.05) is 36.4 Å². The summed E-state index contributed by atoms with van der Waals surface area (Å²) in [5.41, 5.74) is 3.87. The van der Waals surface area contributed by atoms with Crippen molar-refractivity contribution in [2.24, 2.45) is 0 Å². The number of aromatic amines is 1. The molecule has 1 fully saturated rings. The average molecular weight is 478 g/mol. The molecule has 9 heteroatoms. The molecule has 0 unspecified atom stereocenters. The zero-order valence-corrected chi connectivity index (χ0v) is 19.1. The van der Waals surface area contributed by atoms with Gasteiger partial charge >= 0.3 is 0 Å². The van der Waals surface area contributed by atoms with Gasteiger partial charge in [-0.05, 0) is 48.5 Å². The molecule has 5 rings (SSSR count). The number of morpholine rings is 1. The second kappa shape index (κ2) is 10.4. The molecule has 1 aliphatic rings. The number of aromatic nitrogens is 2. The first kappa shape index (κ1) is 23.3. The maximum Gasteiger partial charge on any atom is 0.255 e. The number of carbonyl (C=O) groups excluding carboxylic acids is 2. The number of carbonyl (C=O) groups is 2. The van der Waals surface area contributed by atoms with Crippen molar-refractivity contribution in [3.05, 3.63) is 84.2 Å². The summed E-state index contributed by atoms with van der Waals surface area (Å²) in [6, 6.07) is 18.1. The number of hydrogen-bond acceptors (Lipinski definition) is 5. The molecule has 0 radical (unpaired) electrons. The number of H-pyrrole nitrogens is 1. The van der Waals surface area contributed by atoms with Gasteiger partial charge in [-0.2, -0.15) is 0 Å². The van der Waals surface area contributed by atoms with E-state index in [-0.39, 0.29) is 24.2 Å². The van der Waals surface area contributed by atoms with Gasteiger partial charge < -0.3 is 25.3 Å². The maximum absolute atomic E-state index is 12.9. The molecule has 8 nitrogen and oxygen atoms in total. The number of nitrogens with zero attached hydrogens (tertiary/aromatic N) is 2. The Balaban J connectivity index is 0.00000274. The third-order valence-corrected chi connectivity index (χ3v) is 5.53. The molecule has 0 atom stereocenters. The summed E-state index contributed by atoms with van der Waals surface area (Å²) in [6.07, 6.45) is 3.39. The van der Waals surface area contributed by atoms with E-state index in [1.165, 1.54) is 0 Å². The van der Waals surface area contributed by atoms with Gasteiger partial charge in [0.05, 0.1) is 25.1 Å². The van der Waals surface area contributed by atoms with Gasteiger partial charge in [-0.15, -0.1) is 12.4 Å². The van der Waals surface area contributed by atoms with Crippen LogP contribution in [0, 0.1) is 0 Å². The normalized spacial score (nSPS) is 13.2. The topological polar surface area (TPSA) is 99.3 Å². The standard InChI is InChI=1S/C25H23N5O3.ClH/c31-24(28-20-5-2-6-22(15-20)30-9-11-33-12-10-30)18-3-1-4-19(13-18)25(32)29-21-14-17-7-8-26-23(17)27-16-21;/h1-8,13-16H,9-12H2,(H,26,27)(H,28,31)(H,29,32);1H. The molecule has 0 saturated carbocycles. The van der Waals surface area contributed by atoms with Gasteiger partial charge in [0.2, 0.25) is 0 Å². The molecule has 2 aromatic carbocycles. The Morgan fingerprint density at radius 3 is 2.35 bits per heavy atom. The van der Waals surface area contributed by atoms with Crippen LogP contribution in [0.25, 0.3) is 11.0 Å². The number of amides is 2. The number of halogens is 1. The second-order valence-electron chi connectivity index (χ2n) is 7.78. The largest absolute Gasteiger partial charge is 0.378 e. The highest BCUT2D eigenvalue weighted by atomic mass is 35.5. The first-order chi connectivity index (χ1) is 16.2. The number of hydrogen-bond donors (Lipinski definition) is 3. The van der Waals surface area contributed by atoms with Crippen LogP contribution in [0.3, 0.4) is 0 Å². The van der Waals surface area contributed by atoms with Gasteiger partial charge in [0, 0.05) is 47.2 Å². The molecular formula is C25H24ClN5O3. The fourth-order valence-corrected chi connectivity index (χ4v) is 3.82. The van der Waals surface area contributed by atoms with Gasteiger partial charge in [0.25, 0.3) is 11.8 Å². The number of nitrogens with one attached hydrogen (secondary N) is 3. The fraction of sp³-hybridized carbons (Fsp3) is 0.160. The molecule has 3 heterocycles. The molecule has 2 amide bonds. The van der Waals surface area contributed by atoms with Crippen molar-refractivity contribution in [3.63, 3.8) is 0 Å². The molecule has 0 aliphatic carbocycles. The van der Waals surface area contributed by atoms with Gasteiger partial charge in [-0.3, -0.25) is 9.59 Å². The molecule has 174 valence electrons. The van der Waals surface area contributed by atoms with Crippen LogP contribution in [0.4, 0.5) is 17.1 Å². The molecule has 34 heavy (non-hydrogen) atoms. The van der Waals surface area contributed by atoms with Crippen molar-refractivity contribution < 1.29 is 14.3 Å². The number of benzene rings is 2. The molecular weight excluding hydrogens is 454 g/mol. The van der Waals surface area contributed by atoms with Gasteiger partial charge in [-0.1, -0.05) is 12.1 Å². The summed E-state index contributed by atoms with van der Waals surface area (Å²) >= 11 is 0. The van der Waals surface area contributed by atoms with Crippen molar-refractivity contribution in [1.29, 1.82) is 0 Å². The SMILES string of the molecule is Cl.O=C(Nc1cccc(N2CCOCC2)c1)c1cccc(C(=O)Nc2cnc3[nH]ccc3c2)c1. The van der Waals surface area contributed by atoms with Gasteiger partial charge in [0.1, 0.15) is 5.65 Å². The number of fused-ring (bicyclic) bond motifs is 1. The quantitative estimate of drug-likeness (QED) is 0.397. The Morgan fingerprint density at radius 1 is 0.882 bits per heavy atom. The van der Waals surface area contributed by atoms with E-state index in [1.54, 1.807) is 36.7 Å². The Bertz CT molecular complexity index is 1320. The summed E-state index contributed by atoms with van der Waals surface area (Å²) in [4.78, 5) is 35.1. The van der Waals surface area contributed by atoms with E-state index in [2.05, 4.69) is 25.5 Å². The zero-order chi connectivity index (χ0) is 22.6. The van der Waals surface area contributed by atoms with Crippen LogP contribution in [-0.2, 0) is 4.74 Å². The highest BCUT2D eigenvalue weighted by Gasteiger charge is 2.14. The molecule has 4 aromatic rings. The lowest BCUT2D eigenvalue weighted by molar-refractivity contribution is 0.102. The molecule has 0 spiro atoms. The fourth-order valence-electron chi connectivity index (χ4n) is 3.82. The predicted octanol–water partition coefficient (Wildman–Crippen LogP) is 4.33. The highest BCUT2D eigenvalue weighted by Crippen LogP contribution is 2.21. The summed E-state index contributed by atoms with van der Waals surface area (Å²) in [5, 5.41) is 6.67. The molecule has 1 saturated heterocycles. The Hall–Kier alpha value is -3.88. The van der Waals surface area contributed by atoms with E-state index in [9.17, 15) is 9.59 Å². The van der Waals surface area contributed by atoms with Crippen molar-refractivity contribution in [2.45, 2.75) is 0 Å². The first-order valence-electron chi connectivity index (χ1n) is 10.7. The van der Waals surface area contributed by atoms with Gasteiger partial charge in [0.15, 0.2) is 0 Å². The smallest absolute Gasteiger partial charge is 0.255 e. The van der Waals surface area contributed by atoms with Crippen molar-refractivity contribution >= 4 is 52.3 Å². The number of pyridine rings is 1. The minimum Gasteiger partial charge on any atom is -0.378 e. The highest BCUT2D eigenvalue weighted by molar-refractivity contribution is 6.09. The summed E-state index contributed by atoms with van der Waals surface area (Å²) in [5.74, 6) is -0.588. The van der Waals surface area contributed by atoms with E-state index < -0.39 is 0 Å². The van der Waals surface area contributed by atoms with Crippen LogP contribution in [0.15, 0.2) is 73.1 Å². The minimum absolute atomic E-state index is 0. The molecule has 0 bridgehead atoms. The van der Waals surface area contributed by atoms with Crippen LogP contribution in [-0.4, -0.2) is 48.1 Å². The Kier molecular flexibility index (Phi) is 7.10. The van der Waals surface area contributed by atoms with E-state index in [0.29, 0.717) is 35.7 Å². The molecule has 1 aliphatic heterocycles. The monoisotopic (exact) mass is 477 g/mol. The summed E-state index contributed by atoms with van der Waals surface area (Å²) in [7, 11) is 0. The molecule has 2 aromatic heterocycles.